The maximum Gasteiger partial charge on any atom is 0.287 e. The molecule has 3 aromatic heterocycles. The van der Waals surface area contributed by atoms with Crippen molar-refractivity contribution in [2.45, 2.75) is 12.5 Å². The van der Waals surface area contributed by atoms with Gasteiger partial charge in [0.25, 0.3) is 11.8 Å². The lowest BCUT2D eigenvalue weighted by molar-refractivity contribution is -0.137. The van der Waals surface area contributed by atoms with E-state index in [9.17, 15) is 14.4 Å². The van der Waals surface area contributed by atoms with E-state index in [-0.39, 0.29) is 17.8 Å². The number of primary amides is 1. The van der Waals surface area contributed by atoms with Gasteiger partial charge in [-0.05, 0) is 34.6 Å². The molecule has 10 heteroatoms. The lowest BCUT2D eigenvalue weighted by Gasteiger charge is -2.14. The second-order valence-electron chi connectivity index (χ2n) is 5.21. The van der Waals surface area contributed by atoms with Crippen LogP contribution in [0.2, 0.25) is 0 Å². The summed E-state index contributed by atoms with van der Waals surface area (Å²) in [6.07, 6.45) is 2.87. The van der Waals surface area contributed by atoms with E-state index < -0.39 is 23.6 Å². The largest absolute Gasteiger partial charge is 0.469 e. The molecule has 0 spiro atoms. The van der Waals surface area contributed by atoms with Crippen molar-refractivity contribution in [2.75, 3.05) is 0 Å². The van der Waals surface area contributed by atoms with Gasteiger partial charge in [0.2, 0.25) is 11.5 Å². The zero-order valence-corrected chi connectivity index (χ0v) is 13.3. The van der Waals surface area contributed by atoms with E-state index in [1.54, 1.807) is 30.3 Å². The first-order chi connectivity index (χ1) is 12.6. The second-order valence-corrected chi connectivity index (χ2v) is 5.21. The van der Waals surface area contributed by atoms with Crippen LogP contribution in [0.4, 0.5) is 0 Å². The number of aromatic nitrogens is 3. The summed E-state index contributed by atoms with van der Waals surface area (Å²) in [6.45, 7) is 0. The number of nitrogens with zero attached hydrogens (tertiary/aromatic N) is 3. The highest BCUT2D eigenvalue weighted by Crippen LogP contribution is 2.17. The minimum atomic E-state index is -1.22. The van der Waals surface area contributed by atoms with Crippen LogP contribution in [0, 0.1) is 0 Å². The van der Waals surface area contributed by atoms with Crippen molar-refractivity contribution in [2.24, 2.45) is 5.73 Å². The normalized spacial score (nSPS) is 11.7. The molecule has 0 aliphatic carbocycles. The van der Waals surface area contributed by atoms with E-state index in [1.165, 1.54) is 12.5 Å². The number of carbonyl (C=O) groups is 3. The maximum atomic E-state index is 12.5. The fraction of sp³-hybridized carbons (Fsp3) is 0.125. The summed E-state index contributed by atoms with van der Waals surface area (Å²) in [5.41, 5.74) is 5.35. The molecule has 0 radical (unpaired) electrons. The summed E-state index contributed by atoms with van der Waals surface area (Å²) in [5, 5.41) is 9.63. The van der Waals surface area contributed by atoms with Crippen molar-refractivity contribution in [1.29, 1.82) is 0 Å². The zero-order valence-electron chi connectivity index (χ0n) is 13.3. The number of hydrogen-bond donors (Lipinski definition) is 2. The number of nitrogens with two attached hydrogens (primary N) is 1. The van der Waals surface area contributed by atoms with Crippen LogP contribution >= 0.6 is 0 Å². The van der Waals surface area contributed by atoms with Crippen LogP contribution in [0.1, 0.15) is 16.2 Å². The standard InChI is InChI=1S/C16H13N5O5/c17-15(23)14(22)11(8-9-4-3-7-25-9)19-16(24)13-12(20-26-21-13)10-5-1-2-6-18-10/h1-7,11H,8H2,(H2,17,23)(H,19,24). The van der Waals surface area contributed by atoms with E-state index in [0.29, 0.717) is 11.5 Å². The molecule has 0 saturated heterocycles. The summed E-state index contributed by atoms with van der Waals surface area (Å²) in [4.78, 5) is 39.9. The Morgan fingerprint density at radius 3 is 2.65 bits per heavy atom. The van der Waals surface area contributed by atoms with Crippen molar-refractivity contribution >= 4 is 17.6 Å². The zero-order chi connectivity index (χ0) is 18.5. The molecule has 2 amide bonds. The number of carbonyl (C=O) groups excluding carboxylic acids is 3. The summed E-state index contributed by atoms with van der Waals surface area (Å²) in [5.74, 6) is -2.51. The van der Waals surface area contributed by atoms with Crippen molar-refractivity contribution < 1.29 is 23.4 Å². The Labute approximate surface area is 146 Å². The fourth-order valence-electron chi connectivity index (χ4n) is 2.25. The van der Waals surface area contributed by atoms with Crippen LogP contribution in [0.3, 0.4) is 0 Å². The lowest BCUT2D eigenvalue weighted by atomic mass is 10.1. The Morgan fingerprint density at radius 2 is 2.00 bits per heavy atom. The molecule has 3 rings (SSSR count). The van der Waals surface area contributed by atoms with Gasteiger partial charge in [-0.25, -0.2) is 4.63 Å². The number of rotatable bonds is 7. The highest BCUT2D eigenvalue weighted by atomic mass is 16.6. The van der Waals surface area contributed by atoms with E-state index in [0.717, 1.165) is 0 Å². The third kappa shape index (κ3) is 3.64. The number of pyridine rings is 1. The van der Waals surface area contributed by atoms with Gasteiger partial charge in [-0.3, -0.25) is 19.4 Å². The number of nitrogens with one attached hydrogen (secondary N) is 1. The highest BCUT2D eigenvalue weighted by molar-refractivity contribution is 6.38. The molecule has 3 aromatic rings. The molecule has 3 heterocycles. The van der Waals surface area contributed by atoms with Gasteiger partial charge in [0.05, 0.1) is 12.0 Å². The van der Waals surface area contributed by atoms with Crippen molar-refractivity contribution in [3.05, 3.63) is 54.2 Å². The summed E-state index contributed by atoms with van der Waals surface area (Å²) in [7, 11) is 0. The molecular weight excluding hydrogens is 342 g/mol. The second kappa shape index (κ2) is 7.38. The van der Waals surface area contributed by atoms with Gasteiger partial charge in [0.15, 0.2) is 5.69 Å². The topological polar surface area (TPSA) is 154 Å². The Kier molecular flexibility index (Phi) is 4.83. The molecule has 1 unspecified atom stereocenters. The first-order valence-corrected chi connectivity index (χ1v) is 7.47. The Balaban J connectivity index is 1.83. The quantitative estimate of drug-likeness (QED) is 0.566. The van der Waals surface area contributed by atoms with Gasteiger partial charge in [0.1, 0.15) is 11.8 Å². The first-order valence-electron chi connectivity index (χ1n) is 7.47. The molecule has 0 aliphatic heterocycles. The van der Waals surface area contributed by atoms with Gasteiger partial charge in [-0.2, -0.15) is 0 Å². The van der Waals surface area contributed by atoms with Crippen LogP contribution in [0.15, 0.2) is 51.8 Å². The number of hydrogen-bond acceptors (Lipinski definition) is 8. The van der Waals surface area contributed by atoms with Crippen LogP contribution in [0.25, 0.3) is 11.4 Å². The number of furan rings is 1. The first kappa shape index (κ1) is 17.0. The highest BCUT2D eigenvalue weighted by Gasteiger charge is 2.29. The minimum absolute atomic E-state index is 0.0509. The summed E-state index contributed by atoms with van der Waals surface area (Å²) < 4.78 is 9.77. The van der Waals surface area contributed by atoms with E-state index in [1.807, 2.05) is 0 Å². The Hall–Kier alpha value is -3.82. The summed E-state index contributed by atoms with van der Waals surface area (Å²) >= 11 is 0. The van der Waals surface area contributed by atoms with Crippen molar-refractivity contribution in [3.8, 4) is 11.4 Å². The molecule has 10 nitrogen and oxygen atoms in total. The van der Waals surface area contributed by atoms with E-state index in [2.05, 4.69) is 25.2 Å². The van der Waals surface area contributed by atoms with Gasteiger partial charge < -0.3 is 15.5 Å². The van der Waals surface area contributed by atoms with Crippen molar-refractivity contribution in [3.63, 3.8) is 0 Å². The Bertz CT molecular complexity index is 920. The minimum Gasteiger partial charge on any atom is -0.469 e. The van der Waals surface area contributed by atoms with Crippen LogP contribution < -0.4 is 11.1 Å². The third-order valence-corrected chi connectivity index (χ3v) is 3.46. The lowest BCUT2D eigenvalue weighted by Crippen LogP contribution is -2.47. The molecule has 0 aromatic carbocycles. The Morgan fingerprint density at radius 1 is 1.15 bits per heavy atom. The average Bonchev–Trinajstić information content (AvgIpc) is 3.32. The van der Waals surface area contributed by atoms with E-state index >= 15 is 0 Å². The van der Waals surface area contributed by atoms with Gasteiger partial charge in [-0.15, -0.1) is 0 Å². The smallest absolute Gasteiger partial charge is 0.287 e. The summed E-state index contributed by atoms with van der Waals surface area (Å²) in [6, 6.07) is 7.01. The molecule has 0 bridgehead atoms. The molecule has 132 valence electrons. The average molecular weight is 355 g/mol. The molecule has 0 fully saturated rings. The predicted molar refractivity (Wildman–Crippen MR) is 85.4 cm³/mol. The molecule has 26 heavy (non-hydrogen) atoms. The molecule has 0 aliphatic rings. The van der Waals surface area contributed by atoms with Gasteiger partial charge >= 0.3 is 0 Å². The number of amides is 2. The van der Waals surface area contributed by atoms with Crippen molar-refractivity contribution in [1.82, 2.24) is 20.6 Å². The fourth-order valence-corrected chi connectivity index (χ4v) is 2.25. The third-order valence-electron chi connectivity index (χ3n) is 3.46. The molecule has 1 atom stereocenters. The van der Waals surface area contributed by atoms with Gasteiger partial charge in [0, 0.05) is 12.6 Å². The van der Waals surface area contributed by atoms with Crippen LogP contribution in [-0.4, -0.2) is 38.9 Å². The van der Waals surface area contributed by atoms with Crippen LogP contribution in [-0.2, 0) is 16.0 Å². The molecular formula is C16H13N5O5. The molecule has 3 N–H and O–H groups in total. The van der Waals surface area contributed by atoms with Gasteiger partial charge in [-0.1, -0.05) is 6.07 Å². The number of Topliss-reactive ketones (excluding diaryl/α,β-unsaturated/α-hetero) is 1. The maximum absolute atomic E-state index is 12.5. The molecule has 0 saturated carbocycles. The monoisotopic (exact) mass is 355 g/mol. The predicted octanol–water partition coefficient (Wildman–Crippen LogP) is 0.120. The van der Waals surface area contributed by atoms with Crippen LogP contribution in [0.5, 0.6) is 0 Å². The number of ketones is 1. The van der Waals surface area contributed by atoms with E-state index in [4.69, 9.17) is 10.2 Å². The SMILES string of the molecule is NC(=O)C(=O)C(Cc1ccco1)NC(=O)c1nonc1-c1ccccn1.